The quantitative estimate of drug-likeness (QED) is 0.890. The van der Waals surface area contributed by atoms with Gasteiger partial charge < -0.3 is 10.1 Å². The highest BCUT2D eigenvalue weighted by molar-refractivity contribution is 7.09. The molecule has 96 valence electrons. The van der Waals surface area contributed by atoms with Crippen LogP contribution < -0.4 is 5.32 Å². The van der Waals surface area contributed by atoms with Crippen molar-refractivity contribution in [1.82, 2.24) is 4.98 Å². The fourth-order valence-electron chi connectivity index (χ4n) is 1.91. The second-order valence-corrected chi connectivity index (χ2v) is 5.18. The molecule has 3 nitrogen and oxygen atoms in total. The number of nitrogens with one attached hydrogen (secondary N) is 1. The first-order valence-corrected chi connectivity index (χ1v) is 6.83. The molecule has 1 aromatic heterocycles. The topological polar surface area (TPSA) is 34.1 Å². The first-order chi connectivity index (χ1) is 8.70. The molecule has 1 atom stereocenters. The minimum atomic E-state index is 0.283. The molecule has 0 aliphatic carbocycles. The average Bonchev–Trinajstić information content (AvgIpc) is 2.78. The number of aryl methyl sites for hydroxylation is 1. The predicted octanol–water partition coefficient (Wildman–Crippen LogP) is 3.77. The minimum absolute atomic E-state index is 0.283. The average molecular weight is 262 g/mol. The Labute approximate surface area is 112 Å². The van der Waals surface area contributed by atoms with E-state index in [9.17, 15) is 0 Å². The molecular formula is C14H18N2OS. The predicted molar refractivity (Wildman–Crippen MR) is 76.0 cm³/mol. The summed E-state index contributed by atoms with van der Waals surface area (Å²) in [4.78, 5) is 5.57. The third kappa shape index (κ3) is 3.09. The number of methoxy groups -OCH3 is 1. The molecule has 0 bridgehead atoms. The van der Waals surface area contributed by atoms with Crippen LogP contribution in [0.5, 0.6) is 0 Å². The van der Waals surface area contributed by atoms with Crippen molar-refractivity contribution in [2.24, 2.45) is 0 Å². The summed E-state index contributed by atoms with van der Waals surface area (Å²) in [5, 5.41) is 3.48. The Morgan fingerprint density at radius 1 is 1.33 bits per heavy atom. The number of hydrogen-bond acceptors (Lipinski definition) is 4. The monoisotopic (exact) mass is 262 g/mol. The summed E-state index contributed by atoms with van der Waals surface area (Å²) in [5.41, 5.74) is 5.31. The number of nitrogens with zero attached hydrogens (tertiary/aromatic N) is 1. The van der Waals surface area contributed by atoms with E-state index in [2.05, 4.69) is 41.5 Å². The molecule has 1 aromatic carbocycles. The zero-order chi connectivity index (χ0) is 13.0. The number of hydrogen-bond donors (Lipinski definition) is 1. The second kappa shape index (κ2) is 5.98. The first-order valence-electron chi connectivity index (χ1n) is 5.95. The van der Waals surface area contributed by atoms with Crippen LogP contribution in [0.15, 0.2) is 29.8 Å². The van der Waals surface area contributed by atoms with E-state index in [4.69, 9.17) is 4.74 Å². The van der Waals surface area contributed by atoms with Crippen molar-refractivity contribution in [1.29, 1.82) is 0 Å². The minimum Gasteiger partial charge on any atom is -0.380 e. The Hall–Kier alpha value is -1.39. The van der Waals surface area contributed by atoms with Gasteiger partial charge in [-0.1, -0.05) is 12.1 Å². The van der Waals surface area contributed by atoms with Gasteiger partial charge in [0.1, 0.15) is 0 Å². The van der Waals surface area contributed by atoms with Gasteiger partial charge in [-0.15, -0.1) is 11.3 Å². The van der Waals surface area contributed by atoms with Gasteiger partial charge in [-0.2, -0.15) is 0 Å². The molecule has 0 amide bonds. The Morgan fingerprint density at radius 3 is 2.61 bits per heavy atom. The SMILES string of the molecule is COCc1ccc(NC(C)c2scnc2C)cc1. The van der Waals surface area contributed by atoms with Crippen LogP contribution in [0.1, 0.15) is 29.1 Å². The Kier molecular flexibility index (Phi) is 4.33. The molecule has 2 aromatic rings. The summed E-state index contributed by atoms with van der Waals surface area (Å²) in [7, 11) is 1.71. The molecule has 1 heterocycles. The number of thiazole rings is 1. The van der Waals surface area contributed by atoms with Gasteiger partial charge in [0.25, 0.3) is 0 Å². The van der Waals surface area contributed by atoms with E-state index in [0.29, 0.717) is 6.61 Å². The van der Waals surface area contributed by atoms with Crippen molar-refractivity contribution < 1.29 is 4.74 Å². The van der Waals surface area contributed by atoms with Crippen LogP contribution in [-0.4, -0.2) is 12.1 Å². The normalized spacial score (nSPS) is 12.4. The largest absolute Gasteiger partial charge is 0.380 e. The van der Waals surface area contributed by atoms with E-state index < -0.39 is 0 Å². The third-order valence-electron chi connectivity index (χ3n) is 2.82. The van der Waals surface area contributed by atoms with Crippen LogP contribution in [0.3, 0.4) is 0 Å². The highest BCUT2D eigenvalue weighted by Crippen LogP contribution is 2.25. The van der Waals surface area contributed by atoms with Crippen LogP contribution in [0, 0.1) is 6.92 Å². The van der Waals surface area contributed by atoms with E-state index in [-0.39, 0.29) is 6.04 Å². The molecular weight excluding hydrogens is 244 g/mol. The molecule has 0 spiro atoms. The Balaban J connectivity index is 2.03. The third-order valence-corrected chi connectivity index (χ3v) is 3.94. The van der Waals surface area contributed by atoms with Crippen LogP contribution in [0.2, 0.25) is 0 Å². The van der Waals surface area contributed by atoms with E-state index in [0.717, 1.165) is 11.4 Å². The second-order valence-electron chi connectivity index (χ2n) is 4.30. The van der Waals surface area contributed by atoms with E-state index in [1.54, 1.807) is 18.4 Å². The molecule has 2 rings (SSSR count). The van der Waals surface area contributed by atoms with Crippen LogP contribution in [-0.2, 0) is 11.3 Å². The molecule has 0 radical (unpaired) electrons. The van der Waals surface area contributed by atoms with E-state index in [1.807, 2.05) is 12.4 Å². The maximum atomic E-state index is 5.10. The maximum absolute atomic E-state index is 5.10. The highest BCUT2D eigenvalue weighted by atomic mass is 32.1. The van der Waals surface area contributed by atoms with Gasteiger partial charge in [0.2, 0.25) is 0 Å². The summed E-state index contributed by atoms with van der Waals surface area (Å²) in [6, 6.07) is 8.62. The van der Waals surface area contributed by atoms with Crippen molar-refractivity contribution in [2.45, 2.75) is 26.5 Å². The molecule has 0 aliphatic heterocycles. The van der Waals surface area contributed by atoms with Gasteiger partial charge in [0, 0.05) is 17.7 Å². The van der Waals surface area contributed by atoms with Crippen LogP contribution >= 0.6 is 11.3 Å². The summed E-state index contributed by atoms with van der Waals surface area (Å²) in [6.45, 7) is 4.86. The van der Waals surface area contributed by atoms with Crippen molar-refractivity contribution >= 4 is 17.0 Å². The number of ether oxygens (including phenoxy) is 1. The zero-order valence-corrected chi connectivity index (χ0v) is 11.8. The van der Waals surface area contributed by atoms with Gasteiger partial charge >= 0.3 is 0 Å². The Bertz CT molecular complexity index is 493. The van der Waals surface area contributed by atoms with E-state index >= 15 is 0 Å². The van der Waals surface area contributed by atoms with Gasteiger partial charge in [-0.3, -0.25) is 0 Å². The first kappa shape index (κ1) is 13.1. The lowest BCUT2D eigenvalue weighted by atomic mass is 10.2. The zero-order valence-electron chi connectivity index (χ0n) is 10.9. The molecule has 4 heteroatoms. The fourth-order valence-corrected chi connectivity index (χ4v) is 2.72. The van der Waals surface area contributed by atoms with Crippen molar-refractivity contribution in [3.63, 3.8) is 0 Å². The molecule has 18 heavy (non-hydrogen) atoms. The van der Waals surface area contributed by atoms with Crippen molar-refractivity contribution in [3.8, 4) is 0 Å². The molecule has 0 aliphatic rings. The molecule has 0 fully saturated rings. The van der Waals surface area contributed by atoms with Crippen LogP contribution in [0.25, 0.3) is 0 Å². The van der Waals surface area contributed by atoms with Gasteiger partial charge in [-0.05, 0) is 31.5 Å². The number of benzene rings is 1. The lowest BCUT2D eigenvalue weighted by Crippen LogP contribution is -2.06. The summed E-state index contributed by atoms with van der Waals surface area (Å²) in [6.07, 6.45) is 0. The number of anilines is 1. The summed E-state index contributed by atoms with van der Waals surface area (Å²) >= 11 is 1.69. The highest BCUT2D eigenvalue weighted by Gasteiger charge is 2.10. The van der Waals surface area contributed by atoms with Gasteiger partial charge in [0.05, 0.1) is 23.9 Å². The summed E-state index contributed by atoms with van der Waals surface area (Å²) < 4.78 is 5.10. The van der Waals surface area contributed by atoms with Crippen LogP contribution in [0.4, 0.5) is 5.69 Å². The fraction of sp³-hybridized carbons (Fsp3) is 0.357. The Morgan fingerprint density at radius 2 is 2.06 bits per heavy atom. The molecule has 0 saturated carbocycles. The van der Waals surface area contributed by atoms with Gasteiger partial charge in [0.15, 0.2) is 0 Å². The van der Waals surface area contributed by atoms with Crippen molar-refractivity contribution in [2.75, 3.05) is 12.4 Å². The van der Waals surface area contributed by atoms with E-state index in [1.165, 1.54) is 10.4 Å². The van der Waals surface area contributed by atoms with Crippen molar-refractivity contribution in [3.05, 3.63) is 45.9 Å². The molecule has 0 saturated heterocycles. The maximum Gasteiger partial charge on any atom is 0.0798 e. The number of rotatable bonds is 5. The standard InChI is InChI=1S/C14H18N2OS/c1-10-14(18-9-15-10)11(2)16-13-6-4-12(5-7-13)8-17-3/h4-7,9,11,16H,8H2,1-3H3. The smallest absolute Gasteiger partial charge is 0.0798 e. The molecule has 1 N–H and O–H groups in total. The lowest BCUT2D eigenvalue weighted by Gasteiger charge is -2.14. The van der Waals surface area contributed by atoms with Gasteiger partial charge in [-0.25, -0.2) is 4.98 Å². The molecule has 1 unspecified atom stereocenters. The summed E-state index contributed by atoms with van der Waals surface area (Å²) in [5.74, 6) is 0. The number of aromatic nitrogens is 1. The lowest BCUT2D eigenvalue weighted by molar-refractivity contribution is 0.185.